The fraction of sp³-hybridized carbons (Fsp3) is 0.591. The molecule has 9 nitrogen and oxygen atoms in total. The Morgan fingerprint density at radius 1 is 1.11 bits per heavy atom. The van der Waals surface area contributed by atoms with Crippen molar-refractivity contribution in [2.75, 3.05) is 36.0 Å². The molecule has 5 heterocycles. The van der Waals surface area contributed by atoms with E-state index in [0.29, 0.717) is 45.1 Å². The van der Waals surface area contributed by atoms with Gasteiger partial charge in [-0.05, 0) is 19.8 Å². The van der Waals surface area contributed by atoms with E-state index < -0.39 is 24.8 Å². The smallest absolute Gasteiger partial charge is 0.355 e. The summed E-state index contributed by atoms with van der Waals surface area (Å²) < 4.78 is 68.2. The standard InChI is InChI=1S/C22H25F5N8O/c1-3-5-34-19(36)14-8-28-35(9-16(23)24)18(14)31-20(34)32-6-4-21(10-32)11-33(12-21)17-7-15(22(25,26)27)29-13(2)30-17/h7-8,16H,3-6,9-12H2,1-2H3. The maximum atomic E-state index is 13.2. The molecule has 2 aliphatic rings. The van der Waals surface area contributed by atoms with Crippen LogP contribution in [0.5, 0.6) is 0 Å². The van der Waals surface area contributed by atoms with E-state index in [9.17, 15) is 26.7 Å². The van der Waals surface area contributed by atoms with Crippen LogP contribution in [0.15, 0.2) is 17.1 Å². The zero-order valence-electron chi connectivity index (χ0n) is 19.8. The molecule has 36 heavy (non-hydrogen) atoms. The number of alkyl halides is 5. The minimum absolute atomic E-state index is 0.0512. The number of hydrogen-bond donors (Lipinski definition) is 0. The molecular weight excluding hydrogens is 487 g/mol. The van der Waals surface area contributed by atoms with Crippen LogP contribution in [0.4, 0.5) is 33.7 Å². The highest BCUT2D eigenvalue weighted by molar-refractivity contribution is 5.75. The molecule has 2 fully saturated rings. The van der Waals surface area contributed by atoms with Gasteiger partial charge in [0.05, 0.1) is 6.20 Å². The van der Waals surface area contributed by atoms with Crippen LogP contribution in [0.3, 0.4) is 0 Å². The number of fused-ring (bicyclic) bond motifs is 1. The second-order valence-electron chi connectivity index (χ2n) is 9.51. The van der Waals surface area contributed by atoms with Gasteiger partial charge < -0.3 is 9.80 Å². The van der Waals surface area contributed by atoms with Crippen molar-refractivity contribution in [1.29, 1.82) is 0 Å². The van der Waals surface area contributed by atoms with Gasteiger partial charge in [0.25, 0.3) is 12.0 Å². The summed E-state index contributed by atoms with van der Waals surface area (Å²) in [6.45, 7) is 5.21. The quantitative estimate of drug-likeness (QED) is 0.470. The fourth-order valence-electron chi connectivity index (χ4n) is 5.12. The van der Waals surface area contributed by atoms with E-state index in [1.807, 2.05) is 11.8 Å². The Morgan fingerprint density at radius 3 is 2.50 bits per heavy atom. The lowest BCUT2D eigenvalue weighted by Gasteiger charge is -2.48. The fourth-order valence-corrected chi connectivity index (χ4v) is 5.12. The maximum absolute atomic E-state index is 13.2. The van der Waals surface area contributed by atoms with Crippen LogP contribution < -0.4 is 15.4 Å². The number of hydrogen-bond acceptors (Lipinski definition) is 7. The number of aryl methyl sites for hydroxylation is 1. The number of anilines is 2. The predicted molar refractivity (Wildman–Crippen MR) is 121 cm³/mol. The molecule has 3 aromatic rings. The summed E-state index contributed by atoms with van der Waals surface area (Å²) in [6, 6.07) is 0.963. The Kier molecular flexibility index (Phi) is 5.86. The zero-order valence-corrected chi connectivity index (χ0v) is 19.8. The molecule has 0 aliphatic carbocycles. The SMILES string of the molecule is CCCn1c(N2CCC3(CN(c4cc(C(F)(F)F)nc(C)n4)C3)C2)nc2c(cnn2CC(F)F)c1=O. The number of aromatic nitrogens is 6. The molecule has 5 rings (SSSR count). The number of nitrogens with zero attached hydrogens (tertiary/aromatic N) is 8. The third-order valence-electron chi connectivity index (χ3n) is 6.71. The highest BCUT2D eigenvalue weighted by atomic mass is 19.4. The highest BCUT2D eigenvalue weighted by Gasteiger charge is 2.49. The van der Waals surface area contributed by atoms with Crippen molar-refractivity contribution in [3.63, 3.8) is 0 Å². The van der Waals surface area contributed by atoms with E-state index in [2.05, 4.69) is 20.1 Å². The van der Waals surface area contributed by atoms with Crippen molar-refractivity contribution in [3.05, 3.63) is 34.1 Å². The third kappa shape index (κ3) is 4.26. The van der Waals surface area contributed by atoms with Gasteiger partial charge in [-0.25, -0.2) is 23.4 Å². The van der Waals surface area contributed by atoms with Crippen LogP contribution in [0.2, 0.25) is 0 Å². The largest absolute Gasteiger partial charge is 0.433 e. The molecule has 0 unspecified atom stereocenters. The molecule has 0 bridgehead atoms. The summed E-state index contributed by atoms with van der Waals surface area (Å²) in [5.74, 6) is 0.686. The Labute approximate surface area is 202 Å². The molecule has 1 spiro atoms. The van der Waals surface area contributed by atoms with Crippen LogP contribution in [-0.2, 0) is 19.3 Å². The molecule has 0 amide bonds. The van der Waals surface area contributed by atoms with Gasteiger partial charge >= 0.3 is 6.18 Å². The Hall–Kier alpha value is -3.32. The van der Waals surface area contributed by atoms with Gasteiger partial charge in [-0.15, -0.1) is 0 Å². The molecule has 14 heteroatoms. The first-order chi connectivity index (χ1) is 17.0. The predicted octanol–water partition coefficient (Wildman–Crippen LogP) is 3.10. The molecule has 0 N–H and O–H groups in total. The lowest BCUT2D eigenvalue weighted by molar-refractivity contribution is -0.141. The van der Waals surface area contributed by atoms with Crippen molar-refractivity contribution < 1.29 is 22.0 Å². The van der Waals surface area contributed by atoms with Crippen LogP contribution in [-0.4, -0.2) is 61.9 Å². The van der Waals surface area contributed by atoms with E-state index in [0.717, 1.165) is 17.2 Å². The number of rotatable bonds is 6. The van der Waals surface area contributed by atoms with Gasteiger partial charge in [0, 0.05) is 44.2 Å². The molecular formula is C22H25F5N8O. The Bertz CT molecular complexity index is 1340. The van der Waals surface area contributed by atoms with Crippen molar-refractivity contribution >= 4 is 22.8 Å². The summed E-state index contributed by atoms with van der Waals surface area (Å²) in [7, 11) is 0. The van der Waals surface area contributed by atoms with Crippen molar-refractivity contribution in [1.82, 2.24) is 29.3 Å². The zero-order chi connectivity index (χ0) is 25.8. The minimum Gasteiger partial charge on any atom is -0.355 e. The van der Waals surface area contributed by atoms with Crippen molar-refractivity contribution in [2.24, 2.45) is 5.41 Å². The summed E-state index contributed by atoms with van der Waals surface area (Å²) in [5, 5.41) is 4.13. The minimum atomic E-state index is -4.56. The summed E-state index contributed by atoms with van der Waals surface area (Å²) >= 11 is 0. The molecule has 2 aliphatic heterocycles. The Balaban J connectivity index is 1.40. The second-order valence-corrected chi connectivity index (χ2v) is 9.51. The van der Waals surface area contributed by atoms with Gasteiger partial charge in [0.1, 0.15) is 29.3 Å². The molecule has 2 saturated heterocycles. The van der Waals surface area contributed by atoms with E-state index in [1.54, 1.807) is 9.47 Å². The molecule has 0 radical (unpaired) electrons. The topological polar surface area (TPSA) is 85.0 Å². The average Bonchev–Trinajstić information content (AvgIpc) is 3.38. The van der Waals surface area contributed by atoms with Crippen LogP contribution in [0.1, 0.15) is 31.3 Å². The second kappa shape index (κ2) is 8.66. The summed E-state index contributed by atoms with van der Waals surface area (Å²) in [5.41, 5.74) is -1.38. The molecule has 194 valence electrons. The van der Waals surface area contributed by atoms with Crippen LogP contribution in [0, 0.1) is 12.3 Å². The van der Waals surface area contributed by atoms with Crippen molar-refractivity contribution in [3.8, 4) is 0 Å². The van der Waals surface area contributed by atoms with E-state index in [1.165, 1.54) is 13.1 Å². The van der Waals surface area contributed by atoms with Gasteiger partial charge in [0.2, 0.25) is 5.95 Å². The first-order valence-electron chi connectivity index (χ1n) is 11.7. The summed E-state index contributed by atoms with van der Waals surface area (Å²) in [6.07, 6.45) is -4.50. The van der Waals surface area contributed by atoms with Crippen LogP contribution in [0.25, 0.3) is 11.0 Å². The highest BCUT2D eigenvalue weighted by Crippen LogP contribution is 2.43. The van der Waals surface area contributed by atoms with Gasteiger partial charge in [-0.3, -0.25) is 9.36 Å². The van der Waals surface area contributed by atoms with Gasteiger partial charge in [-0.2, -0.15) is 23.3 Å². The first kappa shape index (κ1) is 24.4. The van der Waals surface area contributed by atoms with E-state index in [4.69, 9.17) is 0 Å². The lowest BCUT2D eigenvalue weighted by atomic mass is 9.79. The van der Waals surface area contributed by atoms with Gasteiger partial charge in [-0.1, -0.05) is 6.92 Å². The normalized spacial score (nSPS) is 17.6. The number of halogens is 5. The molecule has 0 atom stereocenters. The monoisotopic (exact) mass is 512 g/mol. The first-order valence-corrected chi connectivity index (χ1v) is 11.7. The lowest BCUT2D eigenvalue weighted by Crippen LogP contribution is -2.58. The molecule has 0 saturated carbocycles. The van der Waals surface area contributed by atoms with Crippen molar-refractivity contribution in [2.45, 2.75) is 52.4 Å². The maximum Gasteiger partial charge on any atom is 0.433 e. The summed E-state index contributed by atoms with van der Waals surface area (Å²) in [4.78, 5) is 29.2. The van der Waals surface area contributed by atoms with Crippen LogP contribution >= 0.6 is 0 Å². The third-order valence-corrected chi connectivity index (χ3v) is 6.71. The van der Waals surface area contributed by atoms with Gasteiger partial charge in [0.15, 0.2) is 5.65 Å². The molecule has 3 aromatic heterocycles. The van der Waals surface area contributed by atoms with E-state index in [-0.39, 0.29) is 33.6 Å². The van der Waals surface area contributed by atoms with E-state index >= 15 is 0 Å². The average molecular weight is 512 g/mol. The molecule has 0 aromatic carbocycles. The Morgan fingerprint density at radius 2 is 1.83 bits per heavy atom.